The van der Waals surface area contributed by atoms with Crippen LogP contribution >= 0.6 is 0 Å². The summed E-state index contributed by atoms with van der Waals surface area (Å²) in [5.41, 5.74) is 7.84. The largest absolute Gasteiger partial charge is 0.450 e. The highest BCUT2D eigenvalue weighted by Gasteiger charge is 2.32. The molecule has 0 bridgehead atoms. The molecule has 3 aromatic carbocycles. The van der Waals surface area contributed by atoms with E-state index in [1.807, 2.05) is 18.2 Å². The van der Waals surface area contributed by atoms with Gasteiger partial charge in [-0.15, -0.1) is 0 Å². The molecule has 1 aliphatic heterocycles. The van der Waals surface area contributed by atoms with Gasteiger partial charge in [0.05, 0.1) is 17.5 Å². The highest BCUT2D eigenvalue weighted by atomic mass is 16.5. The molecule has 0 aliphatic carbocycles. The third kappa shape index (κ3) is 2.39. The first-order valence-electron chi connectivity index (χ1n) is 10.00. The second-order valence-electron chi connectivity index (χ2n) is 8.31. The first-order chi connectivity index (χ1) is 13.9. The maximum absolute atomic E-state index is 7.56. The highest BCUT2D eigenvalue weighted by Crippen LogP contribution is 2.49. The van der Waals surface area contributed by atoms with E-state index >= 15 is 0 Å². The van der Waals surface area contributed by atoms with Crippen LogP contribution in [0.15, 0.2) is 42.5 Å². The van der Waals surface area contributed by atoms with Crippen LogP contribution in [0, 0.1) is 20.4 Å². The zero-order valence-corrected chi connectivity index (χ0v) is 17.4. The van der Waals surface area contributed by atoms with E-state index in [0.717, 1.165) is 28.1 Å². The summed E-state index contributed by atoms with van der Waals surface area (Å²) in [5.74, 6) is 2.16. The van der Waals surface area contributed by atoms with Crippen molar-refractivity contribution in [3.05, 3.63) is 70.6 Å². The van der Waals surface area contributed by atoms with Crippen LogP contribution in [0.25, 0.3) is 37.8 Å². The van der Waals surface area contributed by atoms with Gasteiger partial charge in [0.1, 0.15) is 12.8 Å². The molecule has 0 amide bonds. The van der Waals surface area contributed by atoms with E-state index in [9.17, 15) is 0 Å². The van der Waals surface area contributed by atoms with Crippen molar-refractivity contribution >= 4 is 27.4 Å². The number of pyridine rings is 1. The molecule has 5 rings (SSSR count). The maximum atomic E-state index is 7.56. The van der Waals surface area contributed by atoms with Gasteiger partial charge in [-0.1, -0.05) is 38.1 Å². The molecule has 1 aromatic heterocycles. The Balaban J connectivity index is 1.98. The fourth-order valence-corrected chi connectivity index (χ4v) is 4.53. The van der Waals surface area contributed by atoms with Gasteiger partial charge in [0, 0.05) is 11.5 Å². The van der Waals surface area contributed by atoms with Crippen molar-refractivity contribution in [3.63, 3.8) is 0 Å². The second kappa shape index (κ2) is 6.06. The molecule has 142 valence electrons. The number of hydrogen-bond donors (Lipinski definition) is 0. The zero-order chi connectivity index (χ0) is 20.4. The molecular formula is C26H23N2O+. The molecule has 3 heteroatoms. The molecule has 2 heterocycles. The van der Waals surface area contributed by atoms with Crippen LogP contribution in [-0.2, 0) is 7.05 Å². The monoisotopic (exact) mass is 379 g/mol. The van der Waals surface area contributed by atoms with Crippen molar-refractivity contribution in [1.29, 1.82) is 0 Å². The Labute approximate surface area is 171 Å². The smallest absolute Gasteiger partial charge is 0.256 e. The number of ether oxygens (including phenoxy) is 1. The van der Waals surface area contributed by atoms with Crippen LogP contribution in [0.1, 0.15) is 36.5 Å². The normalized spacial score (nSPS) is 12.2. The van der Waals surface area contributed by atoms with Crippen LogP contribution in [0.4, 0.5) is 5.69 Å². The summed E-state index contributed by atoms with van der Waals surface area (Å²) in [6.45, 7) is 16.4. The number of hydrogen-bond acceptors (Lipinski definition) is 1. The number of aryl methyl sites for hydroxylation is 2. The average Bonchev–Trinajstić information content (AvgIpc) is 2.70. The lowest BCUT2D eigenvalue weighted by atomic mass is 9.88. The molecule has 0 radical (unpaired) electrons. The summed E-state index contributed by atoms with van der Waals surface area (Å²) < 4.78 is 8.68. The number of fused-ring (bicyclic) bond motifs is 3. The van der Waals surface area contributed by atoms with Crippen LogP contribution in [0.3, 0.4) is 0 Å². The average molecular weight is 379 g/mol. The molecular weight excluding hydrogens is 356 g/mol. The van der Waals surface area contributed by atoms with E-state index in [0.29, 0.717) is 11.6 Å². The number of aromatic nitrogens is 1. The number of rotatable bonds is 1. The molecule has 3 nitrogen and oxygen atoms in total. The molecule has 0 atom stereocenters. The lowest BCUT2D eigenvalue weighted by Crippen LogP contribution is -2.33. The van der Waals surface area contributed by atoms with Gasteiger partial charge in [-0.25, -0.2) is 4.85 Å². The minimum absolute atomic E-state index is 0.423. The molecule has 4 aromatic rings. The van der Waals surface area contributed by atoms with Gasteiger partial charge in [0.25, 0.3) is 5.69 Å². The molecule has 29 heavy (non-hydrogen) atoms. The minimum atomic E-state index is 0.423. The van der Waals surface area contributed by atoms with E-state index in [-0.39, 0.29) is 0 Å². The topological polar surface area (TPSA) is 17.5 Å². The van der Waals surface area contributed by atoms with E-state index in [4.69, 9.17) is 11.3 Å². The fourth-order valence-electron chi connectivity index (χ4n) is 4.53. The predicted octanol–water partition coefficient (Wildman–Crippen LogP) is 6.88. The van der Waals surface area contributed by atoms with Gasteiger partial charge in [0.2, 0.25) is 11.2 Å². The highest BCUT2D eigenvalue weighted by molar-refractivity contribution is 6.06. The summed E-state index contributed by atoms with van der Waals surface area (Å²) >= 11 is 0. The Bertz CT molecular complexity index is 1390. The lowest BCUT2D eigenvalue weighted by Gasteiger charge is -2.24. The van der Waals surface area contributed by atoms with Crippen LogP contribution < -0.4 is 9.30 Å². The first-order valence-corrected chi connectivity index (χ1v) is 10.00. The molecule has 1 aliphatic rings. The SMILES string of the molecule is [C-]#[N+]c1cccc2c1cc1c([n+]2C)-c2c(C)c(C)cc3cc(C(C)C)cc(c23)O1. The summed E-state index contributed by atoms with van der Waals surface area (Å²) in [6.07, 6.45) is 0. The summed E-state index contributed by atoms with van der Waals surface area (Å²) in [6, 6.07) is 14.7. The standard InChI is InChI=1S/C26H23N2O/c1-14(2)17-11-18-10-15(3)16(4)24-25(18)22(12-17)29-23-13-19-20(27-5)8-7-9-21(19)28(6)26(23)24/h7-14H,1-4,6H3/q+1. The molecule has 0 N–H and O–H groups in total. The Kier molecular flexibility index (Phi) is 3.70. The van der Waals surface area contributed by atoms with Gasteiger partial charge in [-0.2, -0.15) is 4.57 Å². The Hall–Kier alpha value is -3.38. The van der Waals surface area contributed by atoms with Gasteiger partial charge in [0.15, 0.2) is 5.75 Å². The fraction of sp³-hybridized carbons (Fsp3) is 0.231. The van der Waals surface area contributed by atoms with Gasteiger partial charge in [-0.05, 0) is 54.0 Å². The Morgan fingerprint density at radius 3 is 2.55 bits per heavy atom. The predicted molar refractivity (Wildman–Crippen MR) is 118 cm³/mol. The molecule has 0 spiro atoms. The summed E-state index contributed by atoms with van der Waals surface area (Å²) in [4.78, 5) is 3.72. The quantitative estimate of drug-likeness (QED) is 0.229. The second-order valence-corrected chi connectivity index (χ2v) is 8.31. The van der Waals surface area contributed by atoms with E-state index in [1.54, 1.807) is 0 Å². The number of benzene rings is 3. The van der Waals surface area contributed by atoms with Crippen molar-refractivity contribution in [2.24, 2.45) is 7.05 Å². The van der Waals surface area contributed by atoms with Gasteiger partial charge >= 0.3 is 0 Å². The van der Waals surface area contributed by atoms with E-state index < -0.39 is 0 Å². The van der Waals surface area contributed by atoms with Crippen molar-refractivity contribution in [1.82, 2.24) is 0 Å². The summed E-state index contributed by atoms with van der Waals surface area (Å²) in [5, 5.41) is 3.33. The Morgan fingerprint density at radius 2 is 1.83 bits per heavy atom. The van der Waals surface area contributed by atoms with Crippen molar-refractivity contribution in [2.75, 3.05) is 0 Å². The molecule has 0 unspecified atom stereocenters. The van der Waals surface area contributed by atoms with Crippen LogP contribution in [0.2, 0.25) is 0 Å². The molecule has 0 saturated heterocycles. The molecule has 0 saturated carbocycles. The third-order valence-electron chi connectivity index (χ3n) is 6.25. The molecule has 0 fully saturated rings. The van der Waals surface area contributed by atoms with E-state index in [2.05, 4.69) is 68.4 Å². The zero-order valence-electron chi connectivity index (χ0n) is 17.4. The third-order valence-corrected chi connectivity index (χ3v) is 6.25. The van der Waals surface area contributed by atoms with Crippen molar-refractivity contribution in [3.8, 4) is 22.8 Å². The van der Waals surface area contributed by atoms with Crippen LogP contribution in [-0.4, -0.2) is 0 Å². The van der Waals surface area contributed by atoms with Crippen molar-refractivity contribution < 1.29 is 9.30 Å². The van der Waals surface area contributed by atoms with E-state index in [1.165, 1.54) is 33.0 Å². The van der Waals surface area contributed by atoms with Gasteiger partial charge < -0.3 is 4.74 Å². The van der Waals surface area contributed by atoms with Gasteiger partial charge in [-0.3, -0.25) is 0 Å². The first kappa shape index (κ1) is 17.7. The number of nitrogens with zero attached hydrogens (tertiary/aromatic N) is 2. The minimum Gasteiger partial charge on any atom is -0.450 e. The maximum Gasteiger partial charge on any atom is 0.256 e. The summed E-state index contributed by atoms with van der Waals surface area (Å²) in [7, 11) is 2.07. The lowest BCUT2D eigenvalue weighted by molar-refractivity contribution is -0.633. The Morgan fingerprint density at radius 1 is 1.03 bits per heavy atom. The van der Waals surface area contributed by atoms with Crippen LogP contribution in [0.5, 0.6) is 11.5 Å². The van der Waals surface area contributed by atoms with Crippen molar-refractivity contribution in [2.45, 2.75) is 33.6 Å².